The zero-order valence-corrected chi connectivity index (χ0v) is 21.6. The second kappa shape index (κ2) is 13.7. The number of aromatic nitrogens is 1. The second-order valence-electron chi connectivity index (χ2n) is 7.89. The summed E-state index contributed by atoms with van der Waals surface area (Å²) >= 11 is 0. The summed E-state index contributed by atoms with van der Waals surface area (Å²) in [5.41, 5.74) is 4.88. The first-order chi connectivity index (χ1) is 14.7. The molecule has 0 bridgehead atoms. The van der Waals surface area contributed by atoms with Crippen molar-refractivity contribution < 1.29 is 4.52 Å². The van der Waals surface area contributed by atoms with Crippen LogP contribution in [0, 0.1) is 0 Å². The van der Waals surface area contributed by atoms with E-state index in [4.69, 9.17) is 9.52 Å². The number of aryl methyl sites for hydroxylation is 2. The summed E-state index contributed by atoms with van der Waals surface area (Å²) in [5.74, 6) is 1.79. The lowest BCUT2D eigenvalue weighted by Gasteiger charge is -2.27. The highest BCUT2D eigenvalue weighted by Crippen LogP contribution is 2.17. The van der Waals surface area contributed by atoms with E-state index in [-0.39, 0.29) is 24.0 Å². The van der Waals surface area contributed by atoms with Gasteiger partial charge in [0.2, 0.25) is 0 Å². The Labute approximate surface area is 204 Å². The van der Waals surface area contributed by atoms with Crippen molar-refractivity contribution in [3.8, 4) is 0 Å². The summed E-state index contributed by atoms with van der Waals surface area (Å²) in [6.45, 7) is 11.9. The average molecular weight is 540 g/mol. The first-order valence-corrected chi connectivity index (χ1v) is 11.5. The number of benzene rings is 1. The topological polar surface area (TPSA) is 65.7 Å². The van der Waals surface area contributed by atoms with Crippen molar-refractivity contribution in [1.29, 1.82) is 0 Å². The molecule has 1 saturated heterocycles. The Morgan fingerprint density at radius 2 is 1.77 bits per heavy atom. The van der Waals surface area contributed by atoms with Crippen LogP contribution in [0.3, 0.4) is 0 Å². The van der Waals surface area contributed by atoms with Crippen LogP contribution >= 0.6 is 24.0 Å². The molecule has 0 aliphatic carbocycles. The number of nitrogens with one attached hydrogen (secondary N) is 2. The van der Waals surface area contributed by atoms with Crippen molar-refractivity contribution in [2.75, 3.05) is 19.6 Å². The van der Waals surface area contributed by atoms with Crippen LogP contribution in [0.5, 0.6) is 0 Å². The minimum atomic E-state index is 0. The molecular formula is C24H38IN5O. The molecule has 31 heavy (non-hydrogen) atoms. The molecule has 0 radical (unpaired) electrons. The normalized spacial score (nSPS) is 14.9. The standard InChI is InChI=1S/C24H37N5O.HI/c1-4-22-21(23(5-2)30-28-22)17-27-24(25-6-3)26-16-19-12-8-9-13-20(19)18-29-14-10-7-11-15-29;/h8-9,12-13H,4-7,10-11,14-18H2,1-3H3,(H2,25,26,27);1H. The van der Waals surface area contributed by atoms with E-state index in [1.807, 2.05) is 0 Å². The fourth-order valence-electron chi connectivity index (χ4n) is 4.04. The molecule has 3 rings (SSSR count). The summed E-state index contributed by atoms with van der Waals surface area (Å²) < 4.78 is 5.49. The Kier molecular flexibility index (Phi) is 11.4. The van der Waals surface area contributed by atoms with Crippen molar-refractivity contribution in [1.82, 2.24) is 20.7 Å². The van der Waals surface area contributed by atoms with E-state index >= 15 is 0 Å². The van der Waals surface area contributed by atoms with Crippen LogP contribution in [0.1, 0.15) is 68.2 Å². The van der Waals surface area contributed by atoms with E-state index in [2.05, 4.69) is 65.7 Å². The van der Waals surface area contributed by atoms with Crippen LogP contribution in [0.4, 0.5) is 0 Å². The number of aliphatic imine (C=N–C) groups is 1. The van der Waals surface area contributed by atoms with Crippen LogP contribution in [-0.2, 0) is 32.5 Å². The van der Waals surface area contributed by atoms with Crippen LogP contribution in [0.25, 0.3) is 0 Å². The first kappa shape index (κ1) is 25.6. The molecule has 0 spiro atoms. The van der Waals surface area contributed by atoms with Gasteiger partial charge in [-0.25, -0.2) is 4.99 Å². The van der Waals surface area contributed by atoms with Crippen molar-refractivity contribution in [2.24, 2.45) is 4.99 Å². The molecule has 0 amide bonds. The molecule has 2 aromatic rings. The first-order valence-electron chi connectivity index (χ1n) is 11.5. The molecule has 2 heterocycles. The van der Waals surface area contributed by atoms with Crippen molar-refractivity contribution >= 4 is 29.9 Å². The molecule has 172 valence electrons. The maximum Gasteiger partial charge on any atom is 0.191 e. The van der Waals surface area contributed by atoms with Gasteiger partial charge in [-0.15, -0.1) is 24.0 Å². The van der Waals surface area contributed by atoms with E-state index in [0.29, 0.717) is 13.1 Å². The number of rotatable bonds is 9. The third-order valence-electron chi connectivity index (χ3n) is 5.75. The lowest BCUT2D eigenvalue weighted by molar-refractivity contribution is 0.220. The van der Waals surface area contributed by atoms with Gasteiger partial charge in [0.05, 0.1) is 12.2 Å². The molecule has 0 atom stereocenters. The lowest BCUT2D eigenvalue weighted by atomic mass is 10.1. The minimum Gasteiger partial charge on any atom is -0.361 e. The molecule has 1 fully saturated rings. The van der Waals surface area contributed by atoms with Crippen LogP contribution < -0.4 is 10.6 Å². The smallest absolute Gasteiger partial charge is 0.191 e. The summed E-state index contributed by atoms with van der Waals surface area (Å²) in [7, 11) is 0. The lowest BCUT2D eigenvalue weighted by Crippen LogP contribution is -2.37. The Hall–Kier alpha value is -1.61. The number of hydrogen-bond acceptors (Lipinski definition) is 4. The van der Waals surface area contributed by atoms with Crippen molar-refractivity contribution in [3.05, 3.63) is 52.4 Å². The van der Waals surface area contributed by atoms with Gasteiger partial charge in [-0.3, -0.25) is 4.90 Å². The van der Waals surface area contributed by atoms with Crippen LogP contribution in [-0.4, -0.2) is 35.7 Å². The van der Waals surface area contributed by atoms with Gasteiger partial charge in [-0.2, -0.15) is 0 Å². The minimum absolute atomic E-state index is 0. The van der Waals surface area contributed by atoms with Gasteiger partial charge in [-0.05, 0) is 50.4 Å². The second-order valence-corrected chi connectivity index (χ2v) is 7.89. The predicted octanol–water partition coefficient (Wildman–Crippen LogP) is 4.66. The molecule has 2 N–H and O–H groups in total. The summed E-state index contributed by atoms with van der Waals surface area (Å²) in [6, 6.07) is 8.71. The fourth-order valence-corrected chi connectivity index (χ4v) is 4.04. The third kappa shape index (κ3) is 7.49. The third-order valence-corrected chi connectivity index (χ3v) is 5.75. The van der Waals surface area contributed by atoms with E-state index in [1.165, 1.54) is 43.5 Å². The fraction of sp³-hybridized carbons (Fsp3) is 0.583. The average Bonchev–Trinajstić information content (AvgIpc) is 3.19. The van der Waals surface area contributed by atoms with Gasteiger partial charge in [0.1, 0.15) is 5.76 Å². The van der Waals surface area contributed by atoms with Crippen LogP contribution in [0.2, 0.25) is 0 Å². The number of likely N-dealkylation sites (tertiary alicyclic amines) is 1. The van der Waals surface area contributed by atoms with Gasteiger partial charge in [0, 0.05) is 31.6 Å². The molecule has 0 saturated carbocycles. The predicted molar refractivity (Wildman–Crippen MR) is 138 cm³/mol. The van der Waals surface area contributed by atoms with E-state index in [0.717, 1.165) is 48.9 Å². The number of nitrogens with zero attached hydrogens (tertiary/aromatic N) is 3. The maximum atomic E-state index is 5.49. The van der Waals surface area contributed by atoms with Crippen molar-refractivity contribution in [3.63, 3.8) is 0 Å². The number of piperidine rings is 1. The van der Waals surface area contributed by atoms with E-state index < -0.39 is 0 Å². The highest BCUT2D eigenvalue weighted by atomic mass is 127. The number of halogens is 1. The molecule has 6 nitrogen and oxygen atoms in total. The Morgan fingerprint density at radius 3 is 2.45 bits per heavy atom. The van der Waals surface area contributed by atoms with Crippen molar-refractivity contribution in [2.45, 2.75) is 72.5 Å². The quantitative estimate of drug-likeness (QED) is 0.276. The number of guanidine groups is 1. The Morgan fingerprint density at radius 1 is 1.03 bits per heavy atom. The Bertz CT molecular complexity index is 793. The van der Waals surface area contributed by atoms with Gasteiger partial charge < -0.3 is 15.2 Å². The number of hydrogen-bond donors (Lipinski definition) is 2. The highest BCUT2D eigenvalue weighted by Gasteiger charge is 2.14. The van der Waals surface area contributed by atoms with E-state index in [1.54, 1.807) is 0 Å². The van der Waals surface area contributed by atoms with Gasteiger partial charge >= 0.3 is 0 Å². The largest absolute Gasteiger partial charge is 0.361 e. The van der Waals surface area contributed by atoms with Crippen LogP contribution in [0.15, 0.2) is 33.8 Å². The van der Waals surface area contributed by atoms with Gasteiger partial charge in [-0.1, -0.05) is 49.7 Å². The molecular weight excluding hydrogens is 501 g/mol. The Balaban J connectivity index is 0.00000341. The van der Waals surface area contributed by atoms with E-state index in [9.17, 15) is 0 Å². The summed E-state index contributed by atoms with van der Waals surface area (Å²) in [4.78, 5) is 7.44. The monoisotopic (exact) mass is 539 g/mol. The SMILES string of the molecule is CCNC(=NCc1ccccc1CN1CCCCC1)NCc1c(CC)noc1CC.I. The molecule has 7 heteroatoms. The molecule has 1 aromatic carbocycles. The summed E-state index contributed by atoms with van der Waals surface area (Å²) in [6.07, 6.45) is 5.72. The zero-order chi connectivity index (χ0) is 21.2. The summed E-state index contributed by atoms with van der Waals surface area (Å²) in [5, 5.41) is 11.1. The molecule has 1 aromatic heterocycles. The van der Waals surface area contributed by atoms with Gasteiger partial charge in [0.15, 0.2) is 5.96 Å². The highest BCUT2D eigenvalue weighted by molar-refractivity contribution is 14.0. The van der Waals surface area contributed by atoms with Gasteiger partial charge in [0.25, 0.3) is 0 Å². The molecule has 0 unspecified atom stereocenters. The molecule has 1 aliphatic heterocycles. The molecule has 1 aliphatic rings. The maximum absolute atomic E-state index is 5.49. The zero-order valence-electron chi connectivity index (χ0n) is 19.2.